The number of aromatic carboxylic acids is 1. The highest BCUT2D eigenvalue weighted by Gasteiger charge is 2.49. The summed E-state index contributed by atoms with van der Waals surface area (Å²) in [6, 6.07) is 5.82. The summed E-state index contributed by atoms with van der Waals surface area (Å²) in [6.07, 6.45) is 1.000. The number of benzene rings is 1. The second-order valence-electron chi connectivity index (χ2n) is 7.38. The second-order valence-corrected chi connectivity index (χ2v) is 7.38. The second kappa shape index (κ2) is 4.55. The van der Waals surface area contributed by atoms with E-state index in [-0.39, 0.29) is 11.2 Å². The van der Waals surface area contributed by atoms with E-state index < -0.39 is 5.97 Å². The Labute approximate surface area is 125 Å². The Hall–Kier alpha value is -1.39. The summed E-state index contributed by atoms with van der Waals surface area (Å²) in [4.78, 5) is 13.5. The van der Waals surface area contributed by atoms with Gasteiger partial charge < -0.3 is 9.84 Å². The van der Waals surface area contributed by atoms with Crippen molar-refractivity contribution in [2.45, 2.75) is 64.4 Å². The monoisotopic (exact) mass is 289 g/mol. The minimum atomic E-state index is -0.859. The van der Waals surface area contributed by atoms with Crippen molar-refractivity contribution in [1.29, 1.82) is 0 Å². The molecular weight excluding hydrogens is 266 g/mol. The maximum Gasteiger partial charge on any atom is 0.335 e. The summed E-state index contributed by atoms with van der Waals surface area (Å²) in [5, 5.41) is 9.11. The van der Waals surface area contributed by atoms with Crippen LogP contribution in [0.15, 0.2) is 18.2 Å². The molecule has 3 rings (SSSR count). The van der Waals surface area contributed by atoms with Gasteiger partial charge in [0.05, 0.1) is 16.8 Å². The van der Waals surface area contributed by atoms with Crippen molar-refractivity contribution < 1.29 is 14.6 Å². The van der Waals surface area contributed by atoms with E-state index in [2.05, 4.69) is 32.6 Å². The van der Waals surface area contributed by atoms with Gasteiger partial charge >= 0.3 is 5.97 Å². The molecule has 0 bridgehead atoms. The average Bonchev–Trinajstić information content (AvgIpc) is 2.85. The van der Waals surface area contributed by atoms with Crippen LogP contribution in [-0.4, -0.2) is 33.2 Å². The molecule has 0 aliphatic carbocycles. The normalized spacial score (nSPS) is 26.8. The third kappa shape index (κ3) is 2.58. The molecule has 21 heavy (non-hydrogen) atoms. The molecule has 114 valence electrons. The van der Waals surface area contributed by atoms with E-state index in [1.54, 1.807) is 6.07 Å². The van der Waals surface area contributed by atoms with E-state index in [0.29, 0.717) is 11.6 Å². The number of carboxylic acids is 1. The van der Waals surface area contributed by atoms with Crippen LogP contribution < -0.4 is 0 Å². The fourth-order valence-corrected chi connectivity index (χ4v) is 3.88. The predicted octanol–water partition coefficient (Wildman–Crippen LogP) is 3.05. The number of rotatable bonds is 2. The molecule has 0 amide bonds. The first kappa shape index (κ1) is 14.5. The summed E-state index contributed by atoms with van der Waals surface area (Å²) in [7, 11) is 0. The maximum atomic E-state index is 11.1. The smallest absolute Gasteiger partial charge is 0.335 e. The Kier molecular flexibility index (Phi) is 3.15. The van der Waals surface area contributed by atoms with Crippen LogP contribution in [0.2, 0.25) is 0 Å². The first-order valence-corrected chi connectivity index (χ1v) is 7.47. The first-order valence-electron chi connectivity index (χ1n) is 7.47. The number of carboxylic acid groups (broad SMARTS) is 1. The number of carbonyl (C=O) groups is 1. The van der Waals surface area contributed by atoms with E-state index >= 15 is 0 Å². The highest BCUT2D eigenvalue weighted by Crippen LogP contribution is 2.42. The molecule has 1 atom stereocenters. The lowest BCUT2D eigenvalue weighted by Gasteiger charge is -2.33. The van der Waals surface area contributed by atoms with Gasteiger partial charge in [0.2, 0.25) is 0 Å². The van der Waals surface area contributed by atoms with Gasteiger partial charge in [-0.25, -0.2) is 4.79 Å². The summed E-state index contributed by atoms with van der Waals surface area (Å²) in [5.74, 6) is -0.859. The number of fused-ring (bicyclic) bond motifs is 1. The first-order chi connectivity index (χ1) is 9.68. The SMILES string of the molecule is CC1(C)CC(N2Cc3ccc(C(=O)O)cc3C2)C(C)(C)O1. The van der Waals surface area contributed by atoms with Crippen molar-refractivity contribution in [2.24, 2.45) is 0 Å². The molecule has 1 aromatic carbocycles. The Morgan fingerprint density at radius 2 is 1.90 bits per heavy atom. The lowest BCUT2D eigenvalue weighted by atomic mass is 9.93. The van der Waals surface area contributed by atoms with Gasteiger partial charge in [-0.3, -0.25) is 4.90 Å². The Morgan fingerprint density at radius 1 is 1.24 bits per heavy atom. The third-order valence-electron chi connectivity index (χ3n) is 4.67. The number of hydrogen-bond donors (Lipinski definition) is 1. The predicted molar refractivity (Wildman–Crippen MR) is 80.3 cm³/mol. The average molecular weight is 289 g/mol. The fourth-order valence-electron chi connectivity index (χ4n) is 3.88. The topological polar surface area (TPSA) is 49.8 Å². The van der Waals surface area contributed by atoms with Gasteiger partial charge in [-0.2, -0.15) is 0 Å². The molecule has 1 saturated heterocycles. The zero-order chi connectivity index (χ0) is 15.4. The van der Waals surface area contributed by atoms with Crippen LogP contribution in [-0.2, 0) is 17.8 Å². The van der Waals surface area contributed by atoms with Gasteiger partial charge in [0, 0.05) is 19.1 Å². The zero-order valence-corrected chi connectivity index (χ0v) is 13.1. The number of ether oxygens (including phenoxy) is 1. The highest BCUT2D eigenvalue weighted by atomic mass is 16.5. The van der Waals surface area contributed by atoms with Gasteiger partial charge in [-0.1, -0.05) is 6.07 Å². The molecular formula is C17H23NO3. The molecule has 2 heterocycles. The van der Waals surface area contributed by atoms with Crippen molar-refractivity contribution in [2.75, 3.05) is 0 Å². The van der Waals surface area contributed by atoms with E-state index in [1.165, 1.54) is 5.56 Å². The molecule has 1 aromatic rings. The van der Waals surface area contributed by atoms with E-state index in [1.807, 2.05) is 12.1 Å². The molecule has 1 unspecified atom stereocenters. The van der Waals surface area contributed by atoms with E-state index in [4.69, 9.17) is 9.84 Å². The minimum absolute atomic E-state index is 0.102. The molecule has 1 fully saturated rings. The summed E-state index contributed by atoms with van der Waals surface area (Å²) in [5.41, 5.74) is 2.46. The molecule has 2 aliphatic rings. The van der Waals surface area contributed by atoms with Crippen LogP contribution in [0, 0.1) is 0 Å². The summed E-state index contributed by atoms with van der Waals surface area (Å²) >= 11 is 0. The summed E-state index contributed by atoms with van der Waals surface area (Å²) in [6.45, 7) is 10.3. The molecule has 0 spiro atoms. The summed E-state index contributed by atoms with van der Waals surface area (Å²) < 4.78 is 6.19. The van der Waals surface area contributed by atoms with Gasteiger partial charge in [0.25, 0.3) is 0 Å². The Balaban J connectivity index is 1.83. The minimum Gasteiger partial charge on any atom is -0.478 e. The van der Waals surface area contributed by atoms with Crippen LogP contribution in [0.3, 0.4) is 0 Å². The van der Waals surface area contributed by atoms with Crippen molar-refractivity contribution in [3.8, 4) is 0 Å². The number of nitrogens with zero attached hydrogens (tertiary/aromatic N) is 1. The van der Waals surface area contributed by atoms with E-state index in [0.717, 1.165) is 25.1 Å². The largest absolute Gasteiger partial charge is 0.478 e. The van der Waals surface area contributed by atoms with Crippen LogP contribution in [0.5, 0.6) is 0 Å². The molecule has 4 heteroatoms. The van der Waals surface area contributed by atoms with Crippen LogP contribution in [0.1, 0.15) is 55.6 Å². The van der Waals surface area contributed by atoms with Crippen LogP contribution in [0.4, 0.5) is 0 Å². The Bertz CT molecular complexity index is 592. The van der Waals surface area contributed by atoms with Crippen LogP contribution >= 0.6 is 0 Å². The van der Waals surface area contributed by atoms with Crippen molar-refractivity contribution in [3.63, 3.8) is 0 Å². The highest BCUT2D eigenvalue weighted by molar-refractivity contribution is 5.87. The standard InChI is InChI=1S/C17H23NO3/c1-16(2)8-14(17(3,4)21-16)18-9-12-6-5-11(15(19)20)7-13(12)10-18/h5-7,14H,8-10H2,1-4H3,(H,19,20). The van der Waals surface area contributed by atoms with E-state index in [9.17, 15) is 4.79 Å². The maximum absolute atomic E-state index is 11.1. The molecule has 4 nitrogen and oxygen atoms in total. The molecule has 0 aromatic heterocycles. The van der Waals surface area contributed by atoms with Crippen molar-refractivity contribution >= 4 is 5.97 Å². The third-order valence-corrected chi connectivity index (χ3v) is 4.67. The van der Waals surface area contributed by atoms with Crippen LogP contribution in [0.25, 0.3) is 0 Å². The van der Waals surface area contributed by atoms with Gasteiger partial charge in [-0.15, -0.1) is 0 Å². The fraction of sp³-hybridized carbons (Fsp3) is 0.588. The van der Waals surface area contributed by atoms with Gasteiger partial charge in [0.15, 0.2) is 0 Å². The lowest BCUT2D eigenvalue weighted by Crippen LogP contribution is -2.43. The quantitative estimate of drug-likeness (QED) is 0.909. The lowest BCUT2D eigenvalue weighted by molar-refractivity contribution is -0.0811. The molecule has 1 N–H and O–H groups in total. The molecule has 0 radical (unpaired) electrons. The molecule has 0 saturated carbocycles. The zero-order valence-electron chi connectivity index (χ0n) is 13.1. The van der Waals surface area contributed by atoms with Crippen molar-refractivity contribution in [3.05, 3.63) is 34.9 Å². The number of hydrogen-bond acceptors (Lipinski definition) is 3. The van der Waals surface area contributed by atoms with Gasteiger partial charge in [0.1, 0.15) is 0 Å². The Morgan fingerprint density at radius 3 is 2.48 bits per heavy atom. The van der Waals surface area contributed by atoms with Gasteiger partial charge in [-0.05, 0) is 57.4 Å². The van der Waals surface area contributed by atoms with Crippen molar-refractivity contribution in [1.82, 2.24) is 4.90 Å². The molecule has 2 aliphatic heterocycles.